The zero-order chi connectivity index (χ0) is 8.53. The molecule has 0 aliphatic rings. The van der Waals surface area contributed by atoms with Gasteiger partial charge in [-0.3, -0.25) is 0 Å². The molecule has 0 radical (unpaired) electrons. The van der Waals surface area contributed by atoms with Gasteiger partial charge in [-0.15, -0.1) is 0 Å². The number of aliphatic hydroxyl groups is 1. The van der Waals surface area contributed by atoms with Crippen LogP contribution in [0.2, 0.25) is 0 Å². The minimum absolute atomic E-state index is 0.577. The third-order valence-corrected chi connectivity index (χ3v) is 1.40. The summed E-state index contributed by atoms with van der Waals surface area (Å²) in [5.74, 6) is 0. The van der Waals surface area contributed by atoms with Crippen LogP contribution in [0.3, 0.4) is 0 Å². The predicted molar refractivity (Wildman–Crippen MR) is 45.8 cm³/mol. The minimum atomic E-state index is -0.727. The molecular formula is C7H16ClNO2. The highest BCUT2D eigenvalue weighted by Gasteiger charge is 1.95. The highest BCUT2D eigenvalue weighted by atomic mass is 35.5. The van der Waals surface area contributed by atoms with Crippen molar-refractivity contribution in [1.82, 2.24) is 5.32 Å². The van der Waals surface area contributed by atoms with Crippen LogP contribution in [0.25, 0.3) is 0 Å². The van der Waals surface area contributed by atoms with Crippen molar-refractivity contribution >= 4 is 11.6 Å². The van der Waals surface area contributed by atoms with E-state index in [0.29, 0.717) is 6.42 Å². The van der Waals surface area contributed by atoms with E-state index >= 15 is 0 Å². The van der Waals surface area contributed by atoms with E-state index in [4.69, 9.17) is 21.4 Å². The lowest BCUT2D eigenvalue weighted by Crippen LogP contribution is -2.22. The lowest BCUT2D eigenvalue weighted by molar-refractivity contribution is 0.148. The maximum absolute atomic E-state index is 8.65. The first kappa shape index (κ1) is 11.2. The van der Waals surface area contributed by atoms with Crippen molar-refractivity contribution in [1.29, 1.82) is 0 Å². The number of aliphatic hydroxyl groups excluding tert-OH is 1. The highest BCUT2D eigenvalue weighted by Crippen LogP contribution is 1.93. The number of nitrogens with one attached hydrogen (secondary N) is 1. The van der Waals surface area contributed by atoms with Crippen molar-refractivity contribution in [2.45, 2.75) is 18.9 Å². The lowest BCUT2D eigenvalue weighted by atomic mass is 10.4. The number of hydrogen-bond donors (Lipinski definition) is 2. The van der Waals surface area contributed by atoms with Gasteiger partial charge >= 0.3 is 0 Å². The van der Waals surface area contributed by atoms with Gasteiger partial charge in [0.25, 0.3) is 0 Å². The number of rotatable bonds is 7. The quantitative estimate of drug-likeness (QED) is 0.446. The second-order valence-electron chi connectivity index (χ2n) is 2.17. The Hall–Kier alpha value is 0.170. The van der Waals surface area contributed by atoms with Gasteiger partial charge in [0.15, 0.2) is 0 Å². The summed E-state index contributed by atoms with van der Waals surface area (Å²) in [5.41, 5.74) is -0.727. The first-order chi connectivity index (χ1) is 5.27. The molecule has 0 fully saturated rings. The molecule has 0 amide bonds. The maximum atomic E-state index is 8.65. The zero-order valence-corrected chi connectivity index (χ0v) is 7.60. The lowest BCUT2D eigenvalue weighted by Gasteiger charge is -2.04. The summed E-state index contributed by atoms with van der Waals surface area (Å²) in [4.78, 5) is 0. The number of alkyl halides is 1. The van der Waals surface area contributed by atoms with Gasteiger partial charge in [0.05, 0.1) is 6.61 Å². The Labute approximate surface area is 72.7 Å². The van der Waals surface area contributed by atoms with Crippen LogP contribution in [0.5, 0.6) is 0 Å². The summed E-state index contributed by atoms with van der Waals surface area (Å²) >= 11 is 5.30. The van der Waals surface area contributed by atoms with Gasteiger partial charge in [0.2, 0.25) is 0 Å². The molecule has 0 saturated heterocycles. The van der Waals surface area contributed by atoms with Crippen molar-refractivity contribution in [2.75, 3.05) is 26.3 Å². The minimum Gasteiger partial charge on any atom is -0.380 e. The molecule has 0 saturated carbocycles. The fourth-order valence-electron chi connectivity index (χ4n) is 0.635. The van der Waals surface area contributed by atoms with Gasteiger partial charge in [-0.25, -0.2) is 0 Å². The summed E-state index contributed by atoms with van der Waals surface area (Å²) in [6.07, 6.45) is 0.577. The molecule has 1 unspecified atom stereocenters. The third kappa shape index (κ3) is 10.2. The summed E-state index contributed by atoms with van der Waals surface area (Å²) in [6.45, 7) is 4.98. The molecule has 11 heavy (non-hydrogen) atoms. The molecule has 0 aliphatic carbocycles. The molecule has 3 nitrogen and oxygen atoms in total. The standard InChI is InChI=1S/C7H16ClNO2/c1-2-11-6-5-9-4-3-7(8)10/h7,9-10H,2-6H2,1H3. The SMILES string of the molecule is CCOCCNCCC(O)Cl. The fraction of sp³-hybridized carbons (Fsp3) is 1.00. The van der Waals surface area contributed by atoms with Gasteiger partial charge in [0.1, 0.15) is 5.56 Å². The molecule has 0 heterocycles. The molecule has 0 aromatic carbocycles. The van der Waals surface area contributed by atoms with Gasteiger partial charge in [-0.2, -0.15) is 0 Å². The van der Waals surface area contributed by atoms with Crippen LogP contribution in [-0.2, 0) is 4.74 Å². The number of ether oxygens (including phenoxy) is 1. The summed E-state index contributed by atoms with van der Waals surface area (Å²) < 4.78 is 5.08. The zero-order valence-electron chi connectivity index (χ0n) is 6.85. The molecule has 0 rings (SSSR count). The molecule has 4 heteroatoms. The summed E-state index contributed by atoms with van der Waals surface area (Å²) in [5, 5.41) is 11.7. The third-order valence-electron chi connectivity index (χ3n) is 1.19. The van der Waals surface area contributed by atoms with Gasteiger partial charge in [-0.05, 0) is 19.9 Å². The van der Waals surface area contributed by atoms with Gasteiger partial charge in [0, 0.05) is 13.2 Å². The Morgan fingerprint density at radius 3 is 2.82 bits per heavy atom. The number of halogens is 1. The average molecular weight is 182 g/mol. The van der Waals surface area contributed by atoms with E-state index in [1.54, 1.807) is 0 Å². The van der Waals surface area contributed by atoms with E-state index in [-0.39, 0.29) is 0 Å². The van der Waals surface area contributed by atoms with Crippen molar-refractivity contribution < 1.29 is 9.84 Å². The number of hydrogen-bond acceptors (Lipinski definition) is 3. The van der Waals surface area contributed by atoms with Crippen molar-refractivity contribution in [3.05, 3.63) is 0 Å². The Bertz CT molecular complexity index is 80.8. The van der Waals surface area contributed by atoms with Gasteiger partial charge in [-0.1, -0.05) is 11.6 Å². The molecule has 1 atom stereocenters. The highest BCUT2D eigenvalue weighted by molar-refractivity contribution is 6.19. The Morgan fingerprint density at radius 1 is 1.55 bits per heavy atom. The monoisotopic (exact) mass is 181 g/mol. The van der Waals surface area contributed by atoms with Crippen molar-refractivity contribution in [3.8, 4) is 0 Å². The van der Waals surface area contributed by atoms with E-state index in [9.17, 15) is 0 Å². The van der Waals surface area contributed by atoms with Crippen LogP contribution in [0.4, 0.5) is 0 Å². The largest absolute Gasteiger partial charge is 0.380 e. The molecule has 0 bridgehead atoms. The molecular weight excluding hydrogens is 166 g/mol. The molecule has 68 valence electrons. The normalized spacial score (nSPS) is 13.4. The van der Waals surface area contributed by atoms with Crippen molar-refractivity contribution in [3.63, 3.8) is 0 Å². The summed E-state index contributed by atoms with van der Waals surface area (Å²) in [7, 11) is 0. The topological polar surface area (TPSA) is 41.5 Å². The molecule has 0 spiro atoms. The van der Waals surface area contributed by atoms with E-state index in [0.717, 1.165) is 26.3 Å². The Balaban J connectivity index is 2.80. The van der Waals surface area contributed by atoms with Crippen LogP contribution in [0, 0.1) is 0 Å². The second kappa shape index (κ2) is 8.27. The van der Waals surface area contributed by atoms with E-state index in [1.807, 2.05) is 6.92 Å². The predicted octanol–water partition coefficient (Wildman–Crippen LogP) is 0.560. The van der Waals surface area contributed by atoms with Crippen LogP contribution in [0.1, 0.15) is 13.3 Å². The van der Waals surface area contributed by atoms with Gasteiger partial charge < -0.3 is 15.2 Å². The van der Waals surface area contributed by atoms with E-state index in [1.165, 1.54) is 0 Å². The molecule has 0 aromatic heterocycles. The first-order valence-corrected chi connectivity index (χ1v) is 4.31. The fourth-order valence-corrected chi connectivity index (χ4v) is 0.744. The Morgan fingerprint density at radius 2 is 2.27 bits per heavy atom. The average Bonchev–Trinajstić information content (AvgIpc) is 1.96. The van der Waals surface area contributed by atoms with Crippen LogP contribution >= 0.6 is 11.6 Å². The first-order valence-electron chi connectivity index (χ1n) is 3.88. The summed E-state index contributed by atoms with van der Waals surface area (Å²) in [6, 6.07) is 0. The second-order valence-corrected chi connectivity index (χ2v) is 2.67. The van der Waals surface area contributed by atoms with E-state index in [2.05, 4.69) is 5.32 Å². The maximum Gasteiger partial charge on any atom is 0.129 e. The van der Waals surface area contributed by atoms with Crippen LogP contribution in [-0.4, -0.2) is 37.0 Å². The molecule has 2 N–H and O–H groups in total. The molecule has 0 aliphatic heterocycles. The van der Waals surface area contributed by atoms with Crippen molar-refractivity contribution in [2.24, 2.45) is 0 Å². The van der Waals surface area contributed by atoms with Crippen LogP contribution in [0.15, 0.2) is 0 Å². The smallest absolute Gasteiger partial charge is 0.129 e. The van der Waals surface area contributed by atoms with Crippen LogP contribution < -0.4 is 5.32 Å². The Kier molecular flexibility index (Phi) is 8.40. The van der Waals surface area contributed by atoms with E-state index < -0.39 is 5.56 Å². The molecule has 0 aromatic rings.